The summed E-state index contributed by atoms with van der Waals surface area (Å²) in [7, 11) is 0. The van der Waals surface area contributed by atoms with E-state index in [1.165, 1.54) is 12.3 Å². The van der Waals surface area contributed by atoms with Crippen LogP contribution >= 0.6 is 0 Å². The fourth-order valence-electron chi connectivity index (χ4n) is 1.90. The van der Waals surface area contributed by atoms with Gasteiger partial charge < -0.3 is 10.4 Å². The van der Waals surface area contributed by atoms with E-state index in [4.69, 9.17) is 5.11 Å². The monoisotopic (exact) mass is 254 g/mol. The lowest BCUT2D eigenvalue weighted by atomic mass is 9.99. The van der Waals surface area contributed by atoms with Crippen LogP contribution in [0.5, 0.6) is 0 Å². The molecule has 1 aromatic heterocycles. The molecule has 0 radical (unpaired) electrons. The van der Waals surface area contributed by atoms with Gasteiger partial charge in [-0.05, 0) is 36.9 Å². The van der Waals surface area contributed by atoms with Gasteiger partial charge in [0.15, 0.2) is 0 Å². The molecule has 0 aliphatic heterocycles. The molecule has 2 unspecified atom stereocenters. The molecule has 1 heterocycles. The van der Waals surface area contributed by atoms with Gasteiger partial charge in [-0.1, -0.05) is 20.8 Å². The predicted octanol–water partition coefficient (Wildman–Crippen LogP) is 2.53. The summed E-state index contributed by atoms with van der Waals surface area (Å²) < 4.78 is 12.9. The van der Waals surface area contributed by atoms with Crippen molar-refractivity contribution >= 4 is 0 Å². The van der Waals surface area contributed by atoms with Crippen LogP contribution in [0.4, 0.5) is 4.39 Å². The third-order valence-corrected chi connectivity index (χ3v) is 3.04. The molecule has 0 spiro atoms. The van der Waals surface area contributed by atoms with Crippen LogP contribution in [-0.2, 0) is 0 Å². The van der Waals surface area contributed by atoms with Gasteiger partial charge in [-0.25, -0.2) is 4.39 Å². The Morgan fingerprint density at radius 3 is 2.56 bits per heavy atom. The van der Waals surface area contributed by atoms with Crippen LogP contribution in [0, 0.1) is 17.7 Å². The summed E-state index contributed by atoms with van der Waals surface area (Å²) in [6.07, 6.45) is 2.04. The van der Waals surface area contributed by atoms with Gasteiger partial charge in [0.25, 0.3) is 0 Å². The van der Waals surface area contributed by atoms with Gasteiger partial charge in [-0.3, -0.25) is 4.98 Å². The molecule has 2 N–H and O–H groups in total. The van der Waals surface area contributed by atoms with Gasteiger partial charge in [0.05, 0.1) is 17.9 Å². The molecular formula is C14H23FN2O. The number of rotatable bonds is 7. The largest absolute Gasteiger partial charge is 0.396 e. The zero-order chi connectivity index (χ0) is 13.5. The molecule has 0 bridgehead atoms. The lowest BCUT2D eigenvalue weighted by molar-refractivity contribution is 0.254. The van der Waals surface area contributed by atoms with E-state index in [0.29, 0.717) is 11.8 Å². The molecule has 0 saturated heterocycles. The number of aliphatic hydroxyl groups excluding tert-OH is 1. The maximum absolute atomic E-state index is 12.9. The second kappa shape index (κ2) is 7.44. The minimum Gasteiger partial charge on any atom is -0.396 e. The van der Waals surface area contributed by atoms with E-state index < -0.39 is 0 Å². The van der Waals surface area contributed by atoms with E-state index in [9.17, 15) is 4.39 Å². The van der Waals surface area contributed by atoms with Crippen molar-refractivity contribution in [2.75, 3.05) is 13.2 Å². The highest BCUT2D eigenvalue weighted by Crippen LogP contribution is 2.20. The molecule has 18 heavy (non-hydrogen) atoms. The van der Waals surface area contributed by atoms with Crippen LogP contribution in [0.1, 0.15) is 38.9 Å². The molecule has 0 fully saturated rings. The number of pyridine rings is 1. The van der Waals surface area contributed by atoms with Crippen LogP contribution in [-0.4, -0.2) is 23.2 Å². The summed E-state index contributed by atoms with van der Waals surface area (Å²) in [6, 6.07) is 3.28. The summed E-state index contributed by atoms with van der Waals surface area (Å²) in [5.41, 5.74) is 0.864. The second-order valence-corrected chi connectivity index (χ2v) is 5.15. The Hall–Kier alpha value is -1.00. The average Bonchev–Trinajstić information content (AvgIpc) is 2.31. The molecule has 1 aromatic rings. The summed E-state index contributed by atoms with van der Waals surface area (Å²) >= 11 is 0. The van der Waals surface area contributed by atoms with Crippen molar-refractivity contribution in [2.24, 2.45) is 11.8 Å². The molecule has 0 saturated carbocycles. The molecule has 102 valence electrons. The fraction of sp³-hybridized carbons (Fsp3) is 0.643. The molecule has 4 heteroatoms. The summed E-state index contributed by atoms with van der Waals surface area (Å²) in [5.74, 6) is 0.482. The van der Waals surface area contributed by atoms with Crippen LogP contribution in [0.25, 0.3) is 0 Å². The number of hydrogen-bond acceptors (Lipinski definition) is 3. The van der Waals surface area contributed by atoms with Crippen molar-refractivity contribution in [1.29, 1.82) is 0 Å². The van der Waals surface area contributed by atoms with Crippen LogP contribution in [0.2, 0.25) is 0 Å². The predicted molar refractivity (Wildman–Crippen MR) is 70.6 cm³/mol. The molecule has 0 aromatic carbocycles. The Morgan fingerprint density at radius 1 is 1.33 bits per heavy atom. The number of aliphatic hydroxyl groups is 1. The average molecular weight is 254 g/mol. The number of hydrogen-bond donors (Lipinski definition) is 2. The Labute approximate surface area is 108 Å². The van der Waals surface area contributed by atoms with Crippen molar-refractivity contribution in [3.05, 3.63) is 29.8 Å². The SMILES string of the molecule is CC(CCO)CNC(c1ccc(F)cn1)C(C)C. The number of halogens is 1. The van der Waals surface area contributed by atoms with Gasteiger partial charge >= 0.3 is 0 Å². The molecule has 3 nitrogen and oxygen atoms in total. The first-order chi connectivity index (χ1) is 8.54. The highest BCUT2D eigenvalue weighted by Gasteiger charge is 2.17. The minimum absolute atomic E-state index is 0.117. The standard InChI is InChI=1S/C14H23FN2O/c1-10(2)14(17-8-11(3)6-7-18)13-5-4-12(15)9-16-13/h4-5,9-11,14,17-18H,6-8H2,1-3H3. The molecule has 0 aliphatic carbocycles. The lowest BCUT2D eigenvalue weighted by Crippen LogP contribution is -2.30. The zero-order valence-corrected chi connectivity index (χ0v) is 11.4. The van der Waals surface area contributed by atoms with E-state index in [1.54, 1.807) is 6.07 Å². The molecule has 0 amide bonds. The maximum Gasteiger partial charge on any atom is 0.141 e. The number of aromatic nitrogens is 1. The van der Waals surface area contributed by atoms with Gasteiger partial charge in [0, 0.05) is 6.61 Å². The molecule has 2 atom stereocenters. The summed E-state index contributed by atoms with van der Waals surface area (Å²) in [4.78, 5) is 4.14. The van der Waals surface area contributed by atoms with E-state index in [0.717, 1.165) is 18.7 Å². The van der Waals surface area contributed by atoms with Crippen molar-refractivity contribution in [1.82, 2.24) is 10.3 Å². The third kappa shape index (κ3) is 4.70. The first-order valence-corrected chi connectivity index (χ1v) is 6.50. The van der Waals surface area contributed by atoms with Crippen molar-refractivity contribution in [2.45, 2.75) is 33.2 Å². The first-order valence-electron chi connectivity index (χ1n) is 6.50. The van der Waals surface area contributed by atoms with Crippen molar-refractivity contribution in [3.8, 4) is 0 Å². The van der Waals surface area contributed by atoms with Gasteiger partial charge in [0.2, 0.25) is 0 Å². The lowest BCUT2D eigenvalue weighted by Gasteiger charge is -2.23. The van der Waals surface area contributed by atoms with Crippen molar-refractivity contribution < 1.29 is 9.50 Å². The smallest absolute Gasteiger partial charge is 0.141 e. The first kappa shape index (κ1) is 15.1. The van der Waals surface area contributed by atoms with Gasteiger partial charge in [0.1, 0.15) is 5.82 Å². The number of nitrogens with zero attached hydrogens (tertiary/aromatic N) is 1. The Kier molecular flexibility index (Phi) is 6.22. The molecule has 0 aliphatic rings. The molecular weight excluding hydrogens is 231 g/mol. The van der Waals surface area contributed by atoms with Crippen molar-refractivity contribution in [3.63, 3.8) is 0 Å². The Balaban J connectivity index is 2.63. The van der Waals surface area contributed by atoms with Crippen LogP contribution in [0.15, 0.2) is 18.3 Å². The van der Waals surface area contributed by atoms with Gasteiger partial charge in [-0.2, -0.15) is 0 Å². The third-order valence-electron chi connectivity index (χ3n) is 3.04. The second-order valence-electron chi connectivity index (χ2n) is 5.15. The van der Waals surface area contributed by atoms with E-state index >= 15 is 0 Å². The quantitative estimate of drug-likeness (QED) is 0.786. The fourth-order valence-corrected chi connectivity index (χ4v) is 1.90. The van der Waals surface area contributed by atoms with E-state index in [-0.39, 0.29) is 18.5 Å². The van der Waals surface area contributed by atoms with E-state index in [1.807, 2.05) is 0 Å². The summed E-state index contributed by atoms with van der Waals surface area (Å²) in [5, 5.41) is 12.3. The number of nitrogens with one attached hydrogen (secondary N) is 1. The molecule has 1 rings (SSSR count). The van der Waals surface area contributed by atoms with Crippen LogP contribution in [0.3, 0.4) is 0 Å². The minimum atomic E-state index is -0.310. The highest BCUT2D eigenvalue weighted by atomic mass is 19.1. The zero-order valence-electron chi connectivity index (χ0n) is 11.4. The van der Waals surface area contributed by atoms with E-state index in [2.05, 4.69) is 31.1 Å². The topological polar surface area (TPSA) is 45.1 Å². The Morgan fingerprint density at radius 2 is 2.06 bits per heavy atom. The Bertz CT molecular complexity index is 340. The summed E-state index contributed by atoms with van der Waals surface area (Å²) in [6.45, 7) is 7.35. The van der Waals surface area contributed by atoms with Gasteiger partial charge in [-0.15, -0.1) is 0 Å². The normalized spacial score (nSPS) is 14.8. The highest BCUT2D eigenvalue weighted by molar-refractivity contribution is 5.10. The van der Waals surface area contributed by atoms with Crippen LogP contribution < -0.4 is 5.32 Å². The maximum atomic E-state index is 12.9.